The van der Waals surface area contributed by atoms with Crippen molar-refractivity contribution in [2.45, 2.75) is 20.0 Å². The molecule has 0 aliphatic carbocycles. The van der Waals surface area contributed by atoms with E-state index in [0.717, 1.165) is 12.2 Å². The zero-order valence-electron chi connectivity index (χ0n) is 12.3. The number of anilines is 1. The molecule has 1 N–H and O–H groups in total. The van der Waals surface area contributed by atoms with Gasteiger partial charge >= 0.3 is 0 Å². The van der Waals surface area contributed by atoms with Crippen molar-refractivity contribution in [2.24, 2.45) is 0 Å². The summed E-state index contributed by atoms with van der Waals surface area (Å²) >= 11 is 0. The van der Waals surface area contributed by atoms with Crippen LogP contribution in [-0.2, 0) is 13.1 Å². The number of nitrogens with one attached hydrogen (secondary N) is 1. The van der Waals surface area contributed by atoms with Gasteiger partial charge in [0.1, 0.15) is 5.82 Å². The molecule has 0 bridgehead atoms. The van der Waals surface area contributed by atoms with Gasteiger partial charge in [0.15, 0.2) is 0 Å². The molecule has 0 aliphatic heterocycles. The predicted molar refractivity (Wildman–Crippen MR) is 82.4 cm³/mol. The Morgan fingerprint density at radius 3 is 2.60 bits per heavy atom. The Labute approximate surface area is 120 Å². The highest BCUT2D eigenvalue weighted by Crippen LogP contribution is 2.23. The molecule has 2 nitrogen and oxygen atoms in total. The van der Waals surface area contributed by atoms with Gasteiger partial charge in [-0.2, -0.15) is 0 Å². The molecule has 106 valence electrons. The number of aryl methyl sites for hydroxylation is 1. The van der Waals surface area contributed by atoms with E-state index >= 15 is 0 Å². The molecule has 20 heavy (non-hydrogen) atoms. The van der Waals surface area contributed by atoms with Gasteiger partial charge < -0.3 is 10.2 Å². The van der Waals surface area contributed by atoms with Crippen LogP contribution in [0.15, 0.2) is 42.5 Å². The lowest BCUT2D eigenvalue weighted by Crippen LogP contribution is -2.20. The van der Waals surface area contributed by atoms with Gasteiger partial charge in [-0.15, -0.1) is 0 Å². The van der Waals surface area contributed by atoms with Gasteiger partial charge in [0.2, 0.25) is 0 Å². The number of rotatable bonds is 5. The summed E-state index contributed by atoms with van der Waals surface area (Å²) in [6.07, 6.45) is 0. The Morgan fingerprint density at radius 1 is 1.15 bits per heavy atom. The Morgan fingerprint density at radius 2 is 1.90 bits per heavy atom. The summed E-state index contributed by atoms with van der Waals surface area (Å²) < 4.78 is 13.9. The molecule has 2 aromatic rings. The molecular weight excluding hydrogens is 251 g/mol. The first kappa shape index (κ1) is 14.5. The Balaban J connectivity index is 2.25. The Kier molecular flexibility index (Phi) is 4.74. The molecule has 0 saturated heterocycles. The minimum absolute atomic E-state index is 0.159. The van der Waals surface area contributed by atoms with Crippen LogP contribution in [0.4, 0.5) is 10.1 Å². The Hall–Kier alpha value is -1.87. The maximum atomic E-state index is 13.9. The van der Waals surface area contributed by atoms with Crippen LogP contribution >= 0.6 is 0 Å². The van der Waals surface area contributed by atoms with Gasteiger partial charge in [0.25, 0.3) is 0 Å². The molecule has 2 aromatic carbocycles. The lowest BCUT2D eigenvalue weighted by Gasteiger charge is -2.23. The molecule has 0 heterocycles. The SMILES string of the molecule is CNCc1c(F)cccc1N(C)Cc1cccc(C)c1. The van der Waals surface area contributed by atoms with E-state index in [4.69, 9.17) is 0 Å². The second-order valence-corrected chi connectivity index (χ2v) is 5.11. The van der Waals surface area contributed by atoms with Crippen LogP contribution in [0.3, 0.4) is 0 Å². The monoisotopic (exact) mass is 272 g/mol. The van der Waals surface area contributed by atoms with E-state index in [-0.39, 0.29) is 5.82 Å². The predicted octanol–water partition coefficient (Wildman–Crippen LogP) is 3.49. The van der Waals surface area contributed by atoms with Crippen molar-refractivity contribution in [1.29, 1.82) is 0 Å². The van der Waals surface area contributed by atoms with Crippen molar-refractivity contribution >= 4 is 5.69 Å². The largest absolute Gasteiger partial charge is 0.370 e. The number of nitrogens with zero attached hydrogens (tertiary/aromatic N) is 1. The number of hydrogen-bond donors (Lipinski definition) is 1. The Bertz CT molecular complexity index is 581. The topological polar surface area (TPSA) is 15.3 Å². The van der Waals surface area contributed by atoms with Crippen molar-refractivity contribution < 1.29 is 4.39 Å². The molecule has 0 amide bonds. The summed E-state index contributed by atoms with van der Waals surface area (Å²) in [5, 5.41) is 3.03. The van der Waals surface area contributed by atoms with Gasteiger partial charge in [-0.25, -0.2) is 4.39 Å². The molecule has 0 atom stereocenters. The van der Waals surface area contributed by atoms with E-state index in [1.807, 2.05) is 20.2 Å². The molecule has 0 unspecified atom stereocenters. The maximum Gasteiger partial charge on any atom is 0.129 e. The van der Waals surface area contributed by atoms with Crippen molar-refractivity contribution in [3.05, 3.63) is 65.0 Å². The average Bonchev–Trinajstić information content (AvgIpc) is 2.41. The van der Waals surface area contributed by atoms with Crippen molar-refractivity contribution in [3.8, 4) is 0 Å². The summed E-state index contributed by atoms with van der Waals surface area (Å²) in [4.78, 5) is 2.09. The lowest BCUT2D eigenvalue weighted by atomic mass is 10.1. The summed E-state index contributed by atoms with van der Waals surface area (Å²) in [5.41, 5.74) is 4.11. The van der Waals surface area contributed by atoms with Gasteiger partial charge in [0, 0.05) is 31.4 Å². The third kappa shape index (κ3) is 3.36. The molecule has 0 spiro atoms. The van der Waals surface area contributed by atoms with E-state index in [2.05, 4.69) is 41.4 Å². The van der Waals surface area contributed by atoms with Crippen molar-refractivity contribution in [3.63, 3.8) is 0 Å². The zero-order chi connectivity index (χ0) is 14.5. The van der Waals surface area contributed by atoms with Crippen LogP contribution < -0.4 is 10.2 Å². The lowest BCUT2D eigenvalue weighted by molar-refractivity contribution is 0.599. The van der Waals surface area contributed by atoms with E-state index < -0.39 is 0 Å². The average molecular weight is 272 g/mol. The summed E-state index contributed by atoms with van der Waals surface area (Å²) in [5.74, 6) is -0.159. The first-order valence-electron chi connectivity index (χ1n) is 6.80. The molecular formula is C17H21FN2. The highest BCUT2D eigenvalue weighted by Gasteiger charge is 2.11. The van der Waals surface area contributed by atoms with Gasteiger partial charge in [-0.1, -0.05) is 35.9 Å². The third-order valence-electron chi connectivity index (χ3n) is 3.36. The maximum absolute atomic E-state index is 13.9. The van der Waals surface area contributed by atoms with Crippen LogP contribution in [0.5, 0.6) is 0 Å². The van der Waals surface area contributed by atoms with E-state index in [1.165, 1.54) is 17.2 Å². The van der Waals surface area contributed by atoms with E-state index in [9.17, 15) is 4.39 Å². The van der Waals surface area contributed by atoms with Crippen LogP contribution in [0.2, 0.25) is 0 Å². The molecule has 0 aliphatic rings. The second kappa shape index (κ2) is 6.53. The third-order valence-corrected chi connectivity index (χ3v) is 3.36. The summed E-state index contributed by atoms with van der Waals surface area (Å²) in [6.45, 7) is 3.38. The molecule has 3 heteroatoms. The van der Waals surface area contributed by atoms with Crippen LogP contribution in [-0.4, -0.2) is 14.1 Å². The van der Waals surface area contributed by atoms with Gasteiger partial charge in [-0.3, -0.25) is 0 Å². The van der Waals surface area contributed by atoms with E-state index in [1.54, 1.807) is 6.07 Å². The summed E-state index contributed by atoms with van der Waals surface area (Å²) in [6, 6.07) is 13.6. The number of halogens is 1. The van der Waals surface area contributed by atoms with Crippen molar-refractivity contribution in [1.82, 2.24) is 5.32 Å². The molecule has 0 fully saturated rings. The van der Waals surface area contributed by atoms with Crippen LogP contribution in [0.1, 0.15) is 16.7 Å². The number of benzene rings is 2. The minimum Gasteiger partial charge on any atom is -0.370 e. The van der Waals surface area contributed by atoms with Gasteiger partial charge in [-0.05, 0) is 31.7 Å². The van der Waals surface area contributed by atoms with Crippen LogP contribution in [0.25, 0.3) is 0 Å². The minimum atomic E-state index is -0.159. The highest BCUT2D eigenvalue weighted by molar-refractivity contribution is 5.54. The standard InChI is InChI=1S/C17H21FN2/c1-13-6-4-7-14(10-13)12-20(3)17-9-5-8-16(18)15(17)11-19-2/h4-10,19H,11-12H2,1-3H3. The normalized spacial score (nSPS) is 10.6. The van der Waals surface area contributed by atoms with E-state index in [0.29, 0.717) is 12.1 Å². The van der Waals surface area contributed by atoms with Crippen molar-refractivity contribution in [2.75, 3.05) is 19.0 Å². The first-order chi connectivity index (χ1) is 9.61. The van der Waals surface area contributed by atoms with Crippen LogP contribution in [0, 0.1) is 12.7 Å². The molecule has 0 aromatic heterocycles. The molecule has 0 saturated carbocycles. The fourth-order valence-corrected chi connectivity index (χ4v) is 2.43. The fourth-order valence-electron chi connectivity index (χ4n) is 2.43. The summed E-state index contributed by atoms with van der Waals surface area (Å²) in [7, 11) is 3.83. The zero-order valence-corrected chi connectivity index (χ0v) is 12.3. The molecule has 2 rings (SSSR count). The fraction of sp³-hybridized carbons (Fsp3) is 0.294. The second-order valence-electron chi connectivity index (χ2n) is 5.11. The smallest absolute Gasteiger partial charge is 0.129 e. The first-order valence-corrected chi connectivity index (χ1v) is 6.80. The molecule has 0 radical (unpaired) electrons. The quantitative estimate of drug-likeness (QED) is 0.896. The van der Waals surface area contributed by atoms with Gasteiger partial charge in [0.05, 0.1) is 0 Å². The number of hydrogen-bond acceptors (Lipinski definition) is 2. The highest BCUT2D eigenvalue weighted by atomic mass is 19.1.